The SMILES string of the molecule is CCCCCCCCCCCCCCCCCCC(=O)OC[C@@H](COC(=O)CCCCCCCCCCCC(C)C)OC(=O)CCCCCCCCCCCCC(C)C. The van der Waals surface area contributed by atoms with Crippen molar-refractivity contribution in [3.05, 3.63) is 0 Å². The van der Waals surface area contributed by atoms with Gasteiger partial charge in [0.05, 0.1) is 0 Å². The predicted octanol–water partition coefficient (Wildman–Crippen LogP) is 16.9. The van der Waals surface area contributed by atoms with Gasteiger partial charge < -0.3 is 14.2 Å². The first-order chi connectivity index (χ1) is 28.7. The molecule has 6 heteroatoms. The summed E-state index contributed by atoms with van der Waals surface area (Å²) in [5.74, 6) is 0.776. The fourth-order valence-electron chi connectivity index (χ4n) is 7.99. The van der Waals surface area contributed by atoms with Gasteiger partial charge in [0.2, 0.25) is 0 Å². The molecule has 0 aromatic rings. The highest BCUT2D eigenvalue weighted by molar-refractivity contribution is 5.71. The zero-order chi connectivity index (χ0) is 43.3. The highest BCUT2D eigenvalue weighted by Crippen LogP contribution is 2.17. The molecule has 0 aliphatic rings. The molecular weight excluding hydrogens is 733 g/mol. The third-order valence-corrected chi connectivity index (χ3v) is 12.0. The predicted molar refractivity (Wildman–Crippen MR) is 252 cm³/mol. The quantitative estimate of drug-likeness (QED) is 0.0345. The Balaban J connectivity index is 4.30. The Morgan fingerprint density at radius 3 is 0.831 bits per heavy atom. The van der Waals surface area contributed by atoms with Crippen LogP contribution in [0.1, 0.15) is 291 Å². The van der Waals surface area contributed by atoms with Crippen LogP contribution in [0, 0.1) is 11.8 Å². The van der Waals surface area contributed by atoms with Crippen LogP contribution in [0.15, 0.2) is 0 Å². The molecule has 59 heavy (non-hydrogen) atoms. The lowest BCUT2D eigenvalue weighted by atomic mass is 10.0. The zero-order valence-corrected chi connectivity index (χ0v) is 40.4. The van der Waals surface area contributed by atoms with Crippen molar-refractivity contribution in [3.8, 4) is 0 Å². The molecule has 0 heterocycles. The van der Waals surface area contributed by atoms with E-state index in [-0.39, 0.29) is 31.1 Å². The minimum Gasteiger partial charge on any atom is -0.462 e. The van der Waals surface area contributed by atoms with Crippen molar-refractivity contribution >= 4 is 17.9 Å². The molecule has 0 amide bonds. The number of esters is 3. The van der Waals surface area contributed by atoms with Gasteiger partial charge in [0.15, 0.2) is 6.10 Å². The Labute approximate surface area is 368 Å². The van der Waals surface area contributed by atoms with E-state index in [9.17, 15) is 14.4 Å². The zero-order valence-electron chi connectivity index (χ0n) is 40.4. The van der Waals surface area contributed by atoms with Gasteiger partial charge in [-0.3, -0.25) is 14.4 Å². The molecule has 0 aliphatic carbocycles. The molecule has 0 aromatic heterocycles. The van der Waals surface area contributed by atoms with Crippen LogP contribution in [0.3, 0.4) is 0 Å². The van der Waals surface area contributed by atoms with E-state index in [1.165, 1.54) is 180 Å². The summed E-state index contributed by atoms with van der Waals surface area (Å²) in [6.45, 7) is 11.3. The van der Waals surface area contributed by atoms with E-state index in [4.69, 9.17) is 14.2 Å². The van der Waals surface area contributed by atoms with Gasteiger partial charge in [-0.2, -0.15) is 0 Å². The van der Waals surface area contributed by atoms with Gasteiger partial charge in [-0.05, 0) is 31.1 Å². The van der Waals surface area contributed by atoms with Crippen LogP contribution in [0.2, 0.25) is 0 Å². The minimum atomic E-state index is -0.762. The van der Waals surface area contributed by atoms with Crippen LogP contribution < -0.4 is 0 Å². The number of carbonyl (C=O) groups excluding carboxylic acids is 3. The second kappa shape index (κ2) is 45.9. The van der Waals surface area contributed by atoms with E-state index in [1.54, 1.807) is 0 Å². The molecular formula is C53H102O6. The number of ether oxygens (including phenoxy) is 3. The first kappa shape index (κ1) is 57.4. The molecule has 0 aliphatic heterocycles. The Morgan fingerprint density at radius 2 is 0.559 bits per heavy atom. The highest BCUT2D eigenvalue weighted by atomic mass is 16.6. The normalized spacial score (nSPS) is 12.1. The van der Waals surface area contributed by atoms with Crippen LogP contribution in [0.5, 0.6) is 0 Å². The van der Waals surface area contributed by atoms with Crippen LogP contribution >= 0.6 is 0 Å². The van der Waals surface area contributed by atoms with Crippen LogP contribution in [0.4, 0.5) is 0 Å². The summed E-state index contributed by atoms with van der Waals surface area (Å²) in [5, 5.41) is 0. The number of unbranched alkanes of at least 4 members (excludes halogenated alkanes) is 32. The summed E-state index contributed by atoms with van der Waals surface area (Å²) < 4.78 is 16.8. The van der Waals surface area contributed by atoms with E-state index in [0.29, 0.717) is 19.3 Å². The van der Waals surface area contributed by atoms with Crippen molar-refractivity contribution in [1.82, 2.24) is 0 Å². The molecule has 1 atom stereocenters. The summed E-state index contributed by atoms with van der Waals surface area (Å²) in [6, 6.07) is 0. The van der Waals surface area contributed by atoms with Crippen molar-refractivity contribution in [3.63, 3.8) is 0 Å². The molecule has 0 saturated heterocycles. The molecule has 0 radical (unpaired) electrons. The van der Waals surface area contributed by atoms with Crippen molar-refractivity contribution in [2.45, 2.75) is 298 Å². The molecule has 6 nitrogen and oxygen atoms in total. The third-order valence-electron chi connectivity index (χ3n) is 12.0. The van der Waals surface area contributed by atoms with E-state index in [1.807, 2.05) is 0 Å². The molecule has 0 fully saturated rings. The summed E-state index contributed by atoms with van der Waals surface area (Å²) in [4.78, 5) is 37.9. The molecule has 350 valence electrons. The minimum absolute atomic E-state index is 0.0638. The van der Waals surface area contributed by atoms with E-state index in [2.05, 4.69) is 34.6 Å². The molecule has 0 spiro atoms. The Kier molecular flexibility index (Phi) is 44.7. The highest BCUT2D eigenvalue weighted by Gasteiger charge is 2.19. The standard InChI is InChI=1S/C53H102O6/c1-6-7-8-9-10-11-12-13-14-15-16-17-23-28-33-38-43-51(54)57-46-50(47-58-52(55)44-39-34-29-25-20-22-27-32-37-42-49(4)5)59-53(56)45-40-35-30-24-19-18-21-26-31-36-41-48(2)3/h48-50H,6-47H2,1-5H3/t50-/m0/s1. The monoisotopic (exact) mass is 835 g/mol. The Hall–Kier alpha value is -1.59. The van der Waals surface area contributed by atoms with E-state index < -0.39 is 6.10 Å². The molecule has 0 bridgehead atoms. The lowest BCUT2D eigenvalue weighted by molar-refractivity contribution is -0.167. The van der Waals surface area contributed by atoms with E-state index in [0.717, 1.165) is 69.6 Å². The molecule has 0 saturated carbocycles. The third kappa shape index (κ3) is 47.3. The van der Waals surface area contributed by atoms with Crippen LogP contribution in [-0.4, -0.2) is 37.2 Å². The topological polar surface area (TPSA) is 78.9 Å². The average molecular weight is 835 g/mol. The van der Waals surface area contributed by atoms with Crippen LogP contribution in [0.25, 0.3) is 0 Å². The summed E-state index contributed by atoms with van der Waals surface area (Å²) in [7, 11) is 0. The van der Waals surface area contributed by atoms with Gasteiger partial charge in [0.1, 0.15) is 13.2 Å². The molecule has 0 N–H and O–H groups in total. The summed E-state index contributed by atoms with van der Waals surface area (Å²) >= 11 is 0. The Bertz CT molecular complexity index is 900. The van der Waals surface area contributed by atoms with Gasteiger partial charge in [-0.25, -0.2) is 0 Å². The second-order valence-electron chi connectivity index (χ2n) is 19.1. The van der Waals surface area contributed by atoms with Crippen molar-refractivity contribution in [2.75, 3.05) is 13.2 Å². The van der Waals surface area contributed by atoms with Gasteiger partial charge in [-0.15, -0.1) is 0 Å². The second-order valence-corrected chi connectivity index (χ2v) is 19.1. The van der Waals surface area contributed by atoms with Crippen molar-refractivity contribution < 1.29 is 28.6 Å². The molecule has 0 aromatic carbocycles. The van der Waals surface area contributed by atoms with Crippen molar-refractivity contribution in [1.29, 1.82) is 0 Å². The van der Waals surface area contributed by atoms with E-state index >= 15 is 0 Å². The first-order valence-corrected chi connectivity index (χ1v) is 26.2. The van der Waals surface area contributed by atoms with Crippen LogP contribution in [-0.2, 0) is 28.6 Å². The summed E-state index contributed by atoms with van der Waals surface area (Å²) in [6.07, 6.45) is 46.6. The Morgan fingerprint density at radius 1 is 0.322 bits per heavy atom. The first-order valence-electron chi connectivity index (χ1n) is 26.2. The molecule has 0 rings (SSSR count). The molecule has 0 unspecified atom stereocenters. The largest absolute Gasteiger partial charge is 0.462 e. The maximum atomic E-state index is 12.8. The van der Waals surface area contributed by atoms with Crippen molar-refractivity contribution in [2.24, 2.45) is 11.8 Å². The lowest BCUT2D eigenvalue weighted by Gasteiger charge is -2.18. The maximum absolute atomic E-state index is 12.8. The number of hydrogen-bond acceptors (Lipinski definition) is 6. The van der Waals surface area contributed by atoms with Gasteiger partial charge in [0, 0.05) is 19.3 Å². The van der Waals surface area contributed by atoms with Gasteiger partial charge in [0.25, 0.3) is 0 Å². The number of carbonyl (C=O) groups is 3. The van der Waals surface area contributed by atoms with Gasteiger partial charge >= 0.3 is 17.9 Å². The lowest BCUT2D eigenvalue weighted by Crippen LogP contribution is -2.30. The summed E-state index contributed by atoms with van der Waals surface area (Å²) in [5.41, 5.74) is 0. The fourth-order valence-corrected chi connectivity index (χ4v) is 7.99. The van der Waals surface area contributed by atoms with Gasteiger partial charge in [-0.1, -0.05) is 253 Å². The number of hydrogen-bond donors (Lipinski definition) is 0. The average Bonchev–Trinajstić information content (AvgIpc) is 3.20. The number of rotatable bonds is 47. The fraction of sp³-hybridized carbons (Fsp3) is 0.943. The maximum Gasteiger partial charge on any atom is 0.306 e. The smallest absolute Gasteiger partial charge is 0.306 e.